The lowest BCUT2D eigenvalue weighted by molar-refractivity contribution is 0.284. The van der Waals surface area contributed by atoms with Gasteiger partial charge in [0.2, 0.25) is 0 Å². The highest BCUT2D eigenvalue weighted by Crippen LogP contribution is 2.31. The van der Waals surface area contributed by atoms with Crippen molar-refractivity contribution in [3.63, 3.8) is 0 Å². The highest BCUT2D eigenvalue weighted by Gasteiger charge is 2.13. The molecule has 0 unspecified atom stereocenters. The van der Waals surface area contributed by atoms with Gasteiger partial charge < -0.3 is 10.4 Å². The van der Waals surface area contributed by atoms with Gasteiger partial charge in [-0.1, -0.05) is 0 Å². The maximum atomic E-state index is 8.95. The van der Waals surface area contributed by atoms with Crippen molar-refractivity contribution in [1.82, 2.24) is 19.4 Å². The first-order valence-corrected chi connectivity index (χ1v) is 9.21. The number of aliphatic hydroxyl groups is 1. The fourth-order valence-corrected chi connectivity index (χ4v) is 3.48. The molecule has 4 aromatic heterocycles. The number of imidazole rings is 1. The number of anilines is 1. The van der Waals surface area contributed by atoms with Gasteiger partial charge in [0.05, 0.1) is 5.52 Å². The van der Waals surface area contributed by atoms with Gasteiger partial charge in [-0.2, -0.15) is 0 Å². The first kappa shape index (κ1) is 17.4. The minimum atomic E-state index is 0.231. The minimum Gasteiger partial charge on any atom is -0.396 e. The van der Waals surface area contributed by atoms with Gasteiger partial charge >= 0.3 is 0 Å². The molecular weight excluding hydrogens is 338 g/mol. The first-order chi connectivity index (χ1) is 13.2. The second-order valence-corrected chi connectivity index (χ2v) is 6.73. The molecule has 6 heteroatoms. The van der Waals surface area contributed by atoms with Crippen molar-refractivity contribution in [3.05, 3.63) is 54.2 Å². The number of fused-ring (bicyclic) bond motifs is 3. The van der Waals surface area contributed by atoms with Crippen molar-refractivity contribution in [2.45, 2.75) is 26.2 Å². The van der Waals surface area contributed by atoms with Crippen molar-refractivity contribution < 1.29 is 5.11 Å². The molecule has 0 fully saturated rings. The van der Waals surface area contributed by atoms with Crippen molar-refractivity contribution in [3.8, 4) is 11.1 Å². The van der Waals surface area contributed by atoms with Crippen LogP contribution in [0.2, 0.25) is 0 Å². The van der Waals surface area contributed by atoms with E-state index < -0.39 is 0 Å². The standard InChI is InChI=1S/C21H23N5O/c1-14-9-16(5-3-4-8-27)24-13-18(14)17-10-15-12-25-20(22-2)11-19(15)26-7-6-23-21(17)26/h6-7,9-13,27H,3-5,8H2,1-2H3,(H,22,25). The summed E-state index contributed by atoms with van der Waals surface area (Å²) < 4.78 is 2.10. The quantitative estimate of drug-likeness (QED) is 0.513. The Labute approximate surface area is 157 Å². The molecule has 0 saturated carbocycles. The van der Waals surface area contributed by atoms with Gasteiger partial charge in [0.15, 0.2) is 0 Å². The fourth-order valence-electron chi connectivity index (χ4n) is 3.48. The van der Waals surface area contributed by atoms with E-state index in [4.69, 9.17) is 5.11 Å². The van der Waals surface area contributed by atoms with Crippen molar-refractivity contribution in [1.29, 1.82) is 0 Å². The summed E-state index contributed by atoms with van der Waals surface area (Å²) in [5.74, 6) is 0.829. The fraction of sp³-hybridized carbons (Fsp3) is 0.286. The highest BCUT2D eigenvalue weighted by atomic mass is 16.2. The van der Waals surface area contributed by atoms with Crippen LogP contribution in [-0.4, -0.2) is 38.1 Å². The van der Waals surface area contributed by atoms with E-state index in [-0.39, 0.29) is 6.61 Å². The average molecular weight is 361 g/mol. The molecule has 2 N–H and O–H groups in total. The van der Waals surface area contributed by atoms with Gasteiger partial charge in [-0.15, -0.1) is 0 Å². The summed E-state index contributed by atoms with van der Waals surface area (Å²) in [6.07, 6.45) is 10.3. The summed E-state index contributed by atoms with van der Waals surface area (Å²) in [5.41, 5.74) is 6.35. The number of hydrogen-bond acceptors (Lipinski definition) is 5. The second kappa shape index (κ2) is 7.32. The molecule has 27 heavy (non-hydrogen) atoms. The maximum absolute atomic E-state index is 8.95. The lowest BCUT2D eigenvalue weighted by Gasteiger charge is -2.12. The minimum absolute atomic E-state index is 0.231. The predicted molar refractivity (Wildman–Crippen MR) is 108 cm³/mol. The Bertz CT molecular complexity index is 1100. The lowest BCUT2D eigenvalue weighted by atomic mass is 10.0. The zero-order chi connectivity index (χ0) is 18.8. The third-order valence-corrected chi connectivity index (χ3v) is 4.91. The van der Waals surface area contributed by atoms with Crippen molar-refractivity contribution >= 4 is 22.4 Å². The van der Waals surface area contributed by atoms with Gasteiger partial charge in [-0.3, -0.25) is 9.38 Å². The zero-order valence-corrected chi connectivity index (χ0v) is 15.6. The van der Waals surface area contributed by atoms with Gasteiger partial charge in [0, 0.05) is 66.7 Å². The number of aromatic nitrogens is 4. The normalized spacial score (nSPS) is 11.4. The molecule has 0 aliphatic rings. The number of hydrogen-bond donors (Lipinski definition) is 2. The Morgan fingerprint density at radius 3 is 2.70 bits per heavy atom. The van der Waals surface area contributed by atoms with Crippen LogP contribution in [0.15, 0.2) is 43.0 Å². The van der Waals surface area contributed by atoms with E-state index in [9.17, 15) is 0 Å². The summed E-state index contributed by atoms with van der Waals surface area (Å²) in [7, 11) is 1.87. The van der Waals surface area contributed by atoms with Gasteiger partial charge in [-0.25, -0.2) is 9.97 Å². The molecule has 4 aromatic rings. The number of pyridine rings is 3. The first-order valence-electron chi connectivity index (χ1n) is 9.21. The van der Waals surface area contributed by atoms with Crippen LogP contribution in [-0.2, 0) is 6.42 Å². The molecule has 0 aromatic carbocycles. The largest absolute Gasteiger partial charge is 0.396 e. The summed E-state index contributed by atoms with van der Waals surface area (Å²) in [5, 5.41) is 13.1. The van der Waals surface area contributed by atoms with E-state index in [1.165, 1.54) is 5.56 Å². The molecule has 138 valence electrons. The van der Waals surface area contributed by atoms with E-state index in [2.05, 4.69) is 43.7 Å². The number of rotatable bonds is 6. The molecule has 0 spiro atoms. The SMILES string of the molecule is CNc1cc2c(cn1)cc(-c1cnc(CCCCO)cc1C)c1nccn12. The number of unbranched alkanes of at least 4 members (excludes halogenated alkanes) is 1. The average Bonchev–Trinajstić information content (AvgIpc) is 3.18. The summed E-state index contributed by atoms with van der Waals surface area (Å²) in [4.78, 5) is 13.7. The summed E-state index contributed by atoms with van der Waals surface area (Å²) in [6.45, 7) is 2.34. The van der Waals surface area contributed by atoms with E-state index >= 15 is 0 Å². The topological polar surface area (TPSA) is 75.3 Å². The molecule has 4 heterocycles. The molecule has 0 bridgehead atoms. The third-order valence-electron chi connectivity index (χ3n) is 4.91. The summed E-state index contributed by atoms with van der Waals surface area (Å²) >= 11 is 0. The van der Waals surface area contributed by atoms with Crippen LogP contribution in [0.1, 0.15) is 24.1 Å². The Balaban J connectivity index is 1.82. The van der Waals surface area contributed by atoms with Crippen molar-refractivity contribution in [2.24, 2.45) is 0 Å². The zero-order valence-electron chi connectivity index (χ0n) is 15.6. The van der Waals surface area contributed by atoms with E-state index in [1.807, 2.05) is 37.9 Å². The van der Waals surface area contributed by atoms with E-state index in [0.29, 0.717) is 0 Å². The van der Waals surface area contributed by atoms with Gasteiger partial charge in [-0.05, 0) is 43.9 Å². The van der Waals surface area contributed by atoms with Crippen LogP contribution in [0.25, 0.3) is 27.7 Å². The molecular formula is C21H23N5O. The second-order valence-electron chi connectivity index (χ2n) is 6.73. The van der Waals surface area contributed by atoms with Crippen LogP contribution in [0.3, 0.4) is 0 Å². The summed E-state index contributed by atoms with van der Waals surface area (Å²) in [6, 6.07) is 6.31. The van der Waals surface area contributed by atoms with Crippen LogP contribution in [0, 0.1) is 6.92 Å². The predicted octanol–water partition coefficient (Wildman–Crippen LogP) is 3.61. The van der Waals surface area contributed by atoms with Gasteiger partial charge in [0.25, 0.3) is 0 Å². The van der Waals surface area contributed by atoms with E-state index in [0.717, 1.165) is 58.5 Å². The molecule has 0 saturated heterocycles. The smallest absolute Gasteiger partial charge is 0.145 e. The molecule has 0 radical (unpaired) electrons. The number of aliphatic hydroxyl groups excluding tert-OH is 1. The molecule has 0 aliphatic carbocycles. The van der Waals surface area contributed by atoms with Crippen LogP contribution in [0.4, 0.5) is 5.82 Å². The molecule has 4 rings (SSSR count). The molecule has 0 aliphatic heterocycles. The van der Waals surface area contributed by atoms with Gasteiger partial charge in [0.1, 0.15) is 11.5 Å². The Kier molecular flexibility index (Phi) is 4.73. The van der Waals surface area contributed by atoms with E-state index in [1.54, 1.807) is 0 Å². The lowest BCUT2D eigenvalue weighted by Crippen LogP contribution is -1.98. The van der Waals surface area contributed by atoms with Crippen molar-refractivity contribution in [2.75, 3.05) is 19.0 Å². The maximum Gasteiger partial charge on any atom is 0.145 e. The Hall–Kier alpha value is -2.99. The van der Waals surface area contributed by atoms with Crippen LogP contribution < -0.4 is 5.32 Å². The molecule has 0 atom stereocenters. The molecule has 6 nitrogen and oxygen atoms in total. The van der Waals surface area contributed by atoms with Crippen LogP contribution in [0.5, 0.6) is 0 Å². The number of nitrogens with zero attached hydrogens (tertiary/aromatic N) is 4. The Morgan fingerprint density at radius 1 is 1.04 bits per heavy atom. The number of aryl methyl sites for hydroxylation is 2. The third kappa shape index (κ3) is 3.24. The monoisotopic (exact) mass is 361 g/mol. The number of nitrogens with one attached hydrogen (secondary N) is 1. The molecule has 0 amide bonds. The highest BCUT2D eigenvalue weighted by molar-refractivity contribution is 5.92. The Morgan fingerprint density at radius 2 is 1.93 bits per heavy atom. The van der Waals surface area contributed by atoms with Crippen LogP contribution >= 0.6 is 0 Å².